The number of nitrogens with zero attached hydrogens (tertiary/aromatic N) is 2. The van der Waals surface area contributed by atoms with Crippen LogP contribution in [0.1, 0.15) is 63.8 Å². The monoisotopic (exact) mass is 287 g/mol. The Hall–Kier alpha value is -0.830. The lowest BCUT2D eigenvalue weighted by Gasteiger charge is -2.65. The molecule has 1 N–H and O–H groups in total. The topological polar surface area (TPSA) is 29.9 Å². The first-order chi connectivity index (χ1) is 9.79. The molecule has 4 aliphatic carbocycles. The second-order valence-electron chi connectivity index (χ2n) is 9.16. The van der Waals surface area contributed by atoms with Crippen LogP contribution >= 0.6 is 0 Å². The minimum absolute atomic E-state index is 0.390. The van der Waals surface area contributed by atoms with Gasteiger partial charge in [0.1, 0.15) is 0 Å². The van der Waals surface area contributed by atoms with Crippen molar-refractivity contribution in [1.82, 2.24) is 15.1 Å². The zero-order chi connectivity index (χ0) is 14.9. The summed E-state index contributed by atoms with van der Waals surface area (Å²) in [5.41, 5.74) is 4.01. The maximum atomic E-state index is 4.48. The highest BCUT2D eigenvalue weighted by Gasteiger charge is 2.59. The van der Waals surface area contributed by atoms with Gasteiger partial charge in [0.15, 0.2) is 0 Å². The average molecular weight is 287 g/mol. The molecule has 1 heterocycles. The van der Waals surface area contributed by atoms with Crippen LogP contribution < -0.4 is 5.32 Å². The molecule has 1 aromatic heterocycles. The molecule has 116 valence electrons. The molecule has 0 aromatic carbocycles. The van der Waals surface area contributed by atoms with Crippen molar-refractivity contribution in [2.24, 2.45) is 23.8 Å². The normalized spacial score (nSPS) is 44.5. The fourth-order valence-corrected chi connectivity index (χ4v) is 6.75. The van der Waals surface area contributed by atoms with E-state index in [2.05, 4.69) is 44.3 Å². The maximum absolute atomic E-state index is 4.48. The van der Waals surface area contributed by atoms with E-state index in [0.717, 1.165) is 18.2 Å². The third kappa shape index (κ3) is 2.25. The first kappa shape index (κ1) is 13.8. The van der Waals surface area contributed by atoms with Crippen LogP contribution in [0.2, 0.25) is 0 Å². The van der Waals surface area contributed by atoms with Crippen LogP contribution in [0.5, 0.6) is 0 Å². The molecule has 3 heteroatoms. The zero-order valence-corrected chi connectivity index (χ0v) is 14.0. The molecular weight excluding hydrogens is 258 g/mol. The molecule has 21 heavy (non-hydrogen) atoms. The Balaban J connectivity index is 1.56. The van der Waals surface area contributed by atoms with Crippen LogP contribution in [0.4, 0.5) is 0 Å². The Kier molecular flexibility index (Phi) is 2.71. The van der Waals surface area contributed by atoms with Gasteiger partial charge < -0.3 is 5.32 Å². The van der Waals surface area contributed by atoms with Crippen molar-refractivity contribution in [2.45, 2.75) is 71.4 Å². The van der Waals surface area contributed by atoms with Crippen molar-refractivity contribution in [3.8, 4) is 0 Å². The molecule has 5 rings (SSSR count). The largest absolute Gasteiger partial charge is 0.306 e. The molecule has 4 bridgehead atoms. The van der Waals surface area contributed by atoms with Crippen molar-refractivity contribution in [3.05, 3.63) is 17.5 Å². The Labute approximate surface area is 128 Å². The number of hydrogen-bond acceptors (Lipinski definition) is 2. The van der Waals surface area contributed by atoms with Crippen LogP contribution in [-0.4, -0.2) is 15.3 Å². The van der Waals surface area contributed by atoms with E-state index >= 15 is 0 Å². The molecule has 4 aliphatic rings. The second kappa shape index (κ2) is 4.13. The molecule has 0 radical (unpaired) electrons. The van der Waals surface area contributed by atoms with E-state index in [1.807, 2.05) is 4.68 Å². The Bertz CT molecular complexity index is 555. The molecule has 2 atom stereocenters. The molecule has 3 nitrogen and oxygen atoms in total. The number of rotatable bonds is 3. The maximum Gasteiger partial charge on any atom is 0.0597 e. The van der Waals surface area contributed by atoms with Crippen molar-refractivity contribution in [2.75, 3.05) is 0 Å². The van der Waals surface area contributed by atoms with Gasteiger partial charge in [-0.3, -0.25) is 4.68 Å². The van der Waals surface area contributed by atoms with Crippen molar-refractivity contribution in [1.29, 1.82) is 0 Å². The molecule has 0 spiro atoms. The number of aryl methyl sites for hydroxylation is 2. The van der Waals surface area contributed by atoms with Gasteiger partial charge in [0.2, 0.25) is 0 Å². The lowest BCUT2D eigenvalue weighted by molar-refractivity contribution is -0.118. The SMILES string of the molecule is Cc1cc(CNC23CC4CC(C)(CC(C)(C4)C2)C3)n(C)n1. The minimum Gasteiger partial charge on any atom is -0.306 e. The number of aromatic nitrogens is 2. The fraction of sp³-hybridized carbons (Fsp3) is 0.833. The van der Waals surface area contributed by atoms with Crippen molar-refractivity contribution in [3.63, 3.8) is 0 Å². The molecule has 0 saturated heterocycles. The molecule has 1 aromatic rings. The standard InChI is InChI=1S/C18H29N3/c1-13-5-15(21(4)20-13)9-19-18-8-14-6-16(2,11-18)10-17(3,7-14)12-18/h5,14,19H,6-12H2,1-4H3. The van der Waals surface area contributed by atoms with Crippen LogP contribution in [0, 0.1) is 23.7 Å². The quantitative estimate of drug-likeness (QED) is 0.921. The predicted octanol–water partition coefficient (Wildman–Crippen LogP) is 3.57. The smallest absolute Gasteiger partial charge is 0.0597 e. The number of nitrogens with one attached hydrogen (secondary N) is 1. The molecule has 0 aliphatic heterocycles. The summed E-state index contributed by atoms with van der Waals surface area (Å²) in [5, 5.41) is 8.47. The Morgan fingerprint density at radius 3 is 2.38 bits per heavy atom. The van der Waals surface area contributed by atoms with E-state index in [1.165, 1.54) is 44.2 Å². The lowest BCUT2D eigenvalue weighted by Crippen LogP contribution is -2.63. The van der Waals surface area contributed by atoms with E-state index in [0.29, 0.717) is 16.4 Å². The molecule has 4 saturated carbocycles. The van der Waals surface area contributed by atoms with Gasteiger partial charge in [0.05, 0.1) is 11.4 Å². The van der Waals surface area contributed by atoms with Gasteiger partial charge in [-0.2, -0.15) is 5.10 Å². The van der Waals surface area contributed by atoms with E-state index in [-0.39, 0.29) is 0 Å². The summed E-state index contributed by atoms with van der Waals surface area (Å²) in [7, 11) is 2.06. The summed E-state index contributed by atoms with van der Waals surface area (Å²) in [6.07, 6.45) is 8.54. The highest BCUT2D eigenvalue weighted by molar-refractivity contribution is 5.16. The van der Waals surface area contributed by atoms with E-state index in [9.17, 15) is 0 Å². The molecular formula is C18H29N3. The zero-order valence-electron chi connectivity index (χ0n) is 14.0. The van der Waals surface area contributed by atoms with E-state index in [4.69, 9.17) is 0 Å². The fourth-order valence-electron chi connectivity index (χ4n) is 6.75. The van der Waals surface area contributed by atoms with Gasteiger partial charge in [0.25, 0.3) is 0 Å². The third-order valence-electron chi connectivity index (χ3n) is 6.37. The molecule has 0 amide bonds. The van der Waals surface area contributed by atoms with Gasteiger partial charge in [-0.25, -0.2) is 0 Å². The summed E-state index contributed by atoms with van der Waals surface area (Å²) in [5.74, 6) is 0.956. The summed E-state index contributed by atoms with van der Waals surface area (Å²) in [6, 6.07) is 2.22. The van der Waals surface area contributed by atoms with Crippen LogP contribution in [0.3, 0.4) is 0 Å². The highest BCUT2D eigenvalue weighted by Crippen LogP contribution is 2.66. The summed E-state index contributed by atoms with van der Waals surface area (Å²) >= 11 is 0. The van der Waals surface area contributed by atoms with Gasteiger partial charge in [-0.15, -0.1) is 0 Å². The second-order valence-corrected chi connectivity index (χ2v) is 9.16. The van der Waals surface area contributed by atoms with Gasteiger partial charge in [0, 0.05) is 19.1 Å². The highest BCUT2D eigenvalue weighted by atomic mass is 15.3. The molecule has 4 fully saturated rings. The summed E-state index contributed by atoms with van der Waals surface area (Å²) in [4.78, 5) is 0. The number of hydrogen-bond donors (Lipinski definition) is 1. The predicted molar refractivity (Wildman–Crippen MR) is 84.9 cm³/mol. The van der Waals surface area contributed by atoms with E-state index in [1.54, 1.807) is 0 Å². The Morgan fingerprint density at radius 1 is 1.19 bits per heavy atom. The minimum atomic E-state index is 0.390. The van der Waals surface area contributed by atoms with Crippen LogP contribution in [0.15, 0.2) is 6.07 Å². The van der Waals surface area contributed by atoms with Crippen LogP contribution in [-0.2, 0) is 13.6 Å². The van der Waals surface area contributed by atoms with Gasteiger partial charge >= 0.3 is 0 Å². The Morgan fingerprint density at radius 2 is 1.86 bits per heavy atom. The molecule has 2 unspecified atom stereocenters. The summed E-state index contributed by atoms with van der Waals surface area (Å²) in [6.45, 7) is 8.13. The van der Waals surface area contributed by atoms with Crippen molar-refractivity contribution >= 4 is 0 Å². The lowest BCUT2D eigenvalue weighted by atomic mass is 9.43. The summed E-state index contributed by atoms with van der Waals surface area (Å²) < 4.78 is 2.03. The average Bonchev–Trinajstić information content (AvgIpc) is 2.60. The third-order valence-corrected chi connectivity index (χ3v) is 6.37. The van der Waals surface area contributed by atoms with Crippen molar-refractivity contribution < 1.29 is 0 Å². The first-order valence-electron chi connectivity index (χ1n) is 8.54. The van der Waals surface area contributed by atoms with Gasteiger partial charge in [-0.1, -0.05) is 13.8 Å². The van der Waals surface area contributed by atoms with Crippen LogP contribution in [0.25, 0.3) is 0 Å². The van der Waals surface area contributed by atoms with E-state index < -0.39 is 0 Å². The van der Waals surface area contributed by atoms with Gasteiger partial charge in [-0.05, 0) is 68.3 Å². The first-order valence-corrected chi connectivity index (χ1v) is 8.54.